The van der Waals surface area contributed by atoms with Gasteiger partial charge in [0.05, 0.1) is 24.3 Å². The molecule has 2 aliphatic rings. The van der Waals surface area contributed by atoms with Crippen molar-refractivity contribution < 1.29 is 4.79 Å². The van der Waals surface area contributed by atoms with Gasteiger partial charge in [-0.15, -0.1) is 0 Å². The molecule has 3 N–H and O–H groups in total. The molecule has 4 heterocycles. The summed E-state index contributed by atoms with van der Waals surface area (Å²) in [5.74, 6) is 2.14. The van der Waals surface area contributed by atoms with Gasteiger partial charge in [0.1, 0.15) is 11.6 Å². The van der Waals surface area contributed by atoms with E-state index in [9.17, 15) is 4.79 Å². The van der Waals surface area contributed by atoms with Crippen molar-refractivity contribution in [3.05, 3.63) is 65.2 Å². The van der Waals surface area contributed by atoms with Crippen molar-refractivity contribution in [2.45, 2.75) is 38.8 Å². The van der Waals surface area contributed by atoms with Gasteiger partial charge in [-0.1, -0.05) is 19.1 Å². The predicted molar refractivity (Wildman–Crippen MR) is 119 cm³/mol. The number of nitrogen functional groups attached to an aromatic ring is 1. The Morgan fingerprint density at radius 1 is 1.23 bits per heavy atom. The van der Waals surface area contributed by atoms with Crippen LogP contribution in [0.1, 0.15) is 53.0 Å². The monoisotopic (exact) mass is 417 g/mol. The molecular weight excluding hydrogens is 390 g/mol. The maximum absolute atomic E-state index is 12.7. The van der Waals surface area contributed by atoms with Gasteiger partial charge >= 0.3 is 0 Å². The van der Waals surface area contributed by atoms with Gasteiger partial charge < -0.3 is 16.0 Å². The molecule has 0 bridgehead atoms. The van der Waals surface area contributed by atoms with Gasteiger partial charge in [0.2, 0.25) is 0 Å². The second-order valence-electron chi connectivity index (χ2n) is 8.63. The maximum atomic E-state index is 12.7. The summed E-state index contributed by atoms with van der Waals surface area (Å²) in [4.78, 5) is 24.1. The zero-order valence-electron chi connectivity index (χ0n) is 17.7. The summed E-state index contributed by atoms with van der Waals surface area (Å²) in [6.07, 6.45) is 8.16. The number of fused-ring (bicyclic) bond motifs is 1. The minimum atomic E-state index is -0.127. The lowest BCUT2D eigenvalue weighted by molar-refractivity contribution is 0.0936. The van der Waals surface area contributed by atoms with Crippen molar-refractivity contribution in [2.24, 2.45) is 5.92 Å². The molecule has 0 spiro atoms. The molecule has 8 heteroatoms. The highest BCUT2D eigenvalue weighted by molar-refractivity contribution is 5.94. The summed E-state index contributed by atoms with van der Waals surface area (Å²) >= 11 is 0. The molecule has 3 aromatic heterocycles. The molecule has 1 aliphatic carbocycles. The highest BCUT2D eigenvalue weighted by Crippen LogP contribution is 2.30. The van der Waals surface area contributed by atoms with Crippen molar-refractivity contribution in [3.8, 4) is 0 Å². The molecule has 0 radical (unpaired) electrons. The molecular formula is C23H27N7O. The van der Waals surface area contributed by atoms with Crippen LogP contribution < -0.4 is 16.0 Å². The minimum absolute atomic E-state index is 0.0380. The third-order valence-electron chi connectivity index (χ3n) is 6.18. The standard InChI is InChI=1S/C23H27N7O/c1-15-8-9-29(12-15)22-7-2-16(10-25-22)13-30-14-17(11-26-30)23(31)28-20-5-4-19-18(20)3-6-21(24)27-19/h2-3,6-7,10-11,14-15,20H,4-5,8-9,12-13H2,1H3,(H2,24,27)(H,28,31)/t15-,20+/m0/s1. The number of anilines is 2. The van der Waals surface area contributed by atoms with E-state index in [1.165, 1.54) is 6.42 Å². The van der Waals surface area contributed by atoms with E-state index in [1.54, 1.807) is 23.1 Å². The van der Waals surface area contributed by atoms with Crippen LogP contribution in [0.4, 0.5) is 11.6 Å². The number of pyridine rings is 2. The van der Waals surface area contributed by atoms with Gasteiger partial charge in [0, 0.05) is 31.2 Å². The number of nitrogens with one attached hydrogen (secondary N) is 1. The van der Waals surface area contributed by atoms with Crippen LogP contribution in [0.15, 0.2) is 42.9 Å². The SMILES string of the molecule is C[C@H]1CCN(c2ccc(Cn3cc(C(=O)N[C@@H]4CCc5nc(N)ccc54)cn3)cn2)C1. The van der Waals surface area contributed by atoms with Crippen LogP contribution >= 0.6 is 0 Å². The average Bonchev–Trinajstić information content (AvgIpc) is 3.49. The number of amides is 1. The van der Waals surface area contributed by atoms with E-state index in [1.807, 2.05) is 12.3 Å². The Labute approximate surface area is 181 Å². The Bertz CT molecular complexity index is 1090. The lowest BCUT2D eigenvalue weighted by atomic mass is 10.1. The third kappa shape index (κ3) is 4.10. The summed E-state index contributed by atoms with van der Waals surface area (Å²) in [6.45, 7) is 4.99. The Balaban J connectivity index is 1.21. The largest absolute Gasteiger partial charge is 0.384 e. The fourth-order valence-electron chi connectivity index (χ4n) is 4.47. The van der Waals surface area contributed by atoms with Crippen LogP contribution in [0.2, 0.25) is 0 Å². The molecule has 2 atom stereocenters. The second kappa shape index (κ2) is 8.02. The Morgan fingerprint density at radius 2 is 2.13 bits per heavy atom. The number of hydrogen-bond donors (Lipinski definition) is 2. The Morgan fingerprint density at radius 3 is 2.90 bits per heavy atom. The van der Waals surface area contributed by atoms with E-state index in [2.05, 4.69) is 44.3 Å². The lowest BCUT2D eigenvalue weighted by Crippen LogP contribution is -2.26. The van der Waals surface area contributed by atoms with Crippen molar-refractivity contribution in [3.63, 3.8) is 0 Å². The number of aromatic nitrogens is 4. The second-order valence-corrected chi connectivity index (χ2v) is 8.63. The molecule has 5 rings (SSSR count). The first-order chi connectivity index (χ1) is 15.0. The molecule has 1 aliphatic heterocycles. The molecule has 0 unspecified atom stereocenters. The first-order valence-corrected chi connectivity index (χ1v) is 10.8. The van der Waals surface area contributed by atoms with Gasteiger partial charge in [-0.25, -0.2) is 9.97 Å². The number of hydrogen-bond acceptors (Lipinski definition) is 6. The van der Waals surface area contributed by atoms with Crippen molar-refractivity contribution in [2.75, 3.05) is 23.7 Å². The predicted octanol–water partition coefficient (Wildman–Crippen LogP) is 2.57. The Kier molecular flexibility index (Phi) is 5.05. The number of aryl methyl sites for hydroxylation is 1. The summed E-state index contributed by atoms with van der Waals surface area (Å²) in [5.41, 5.74) is 9.39. The van der Waals surface area contributed by atoms with Crippen molar-refractivity contribution in [1.29, 1.82) is 0 Å². The molecule has 160 valence electrons. The molecule has 1 amide bonds. The normalized spacial score (nSPS) is 20.1. The first kappa shape index (κ1) is 19.5. The number of carbonyl (C=O) groups is 1. The van der Waals surface area contributed by atoms with Gasteiger partial charge in [-0.3, -0.25) is 9.48 Å². The van der Waals surface area contributed by atoms with E-state index in [0.717, 1.165) is 54.5 Å². The number of nitrogens with zero attached hydrogens (tertiary/aromatic N) is 5. The van der Waals surface area contributed by atoms with Gasteiger partial charge in [0.25, 0.3) is 5.91 Å². The topological polar surface area (TPSA) is 102 Å². The summed E-state index contributed by atoms with van der Waals surface area (Å²) in [7, 11) is 0. The molecule has 1 fully saturated rings. The molecule has 0 saturated carbocycles. The fourth-order valence-corrected chi connectivity index (χ4v) is 4.47. The highest BCUT2D eigenvalue weighted by atomic mass is 16.1. The van der Waals surface area contributed by atoms with Gasteiger partial charge in [0.15, 0.2) is 0 Å². The van der Waals surface area contributed by atoms with E-state index in [0.29, 0.717) is 17.9 Å². The smallest absolute Gasteiger partial charge is 0.254 e. The number of carbonyl (C=O) groups excluding carboxylic acids is 1. The minimum Gasteiger partial charge on any atom is -0.384 e. The number of nitrogens with two attached hydrogens (primary N) is 1. The average molecular weight is 418 g/mol. The summed E-state index contributed by atoms with van der Waals surface area (Å²) in [5, 5.41) is 7.46. The molecule has 1 saturated heterocycles. The van der Waals surface area contributed by atoms with E-state index >= 15 is 0 Å². The van der Waals surface area contributed by atoms with E-state index < -0.39 is 0 Å². The van der Waals surface area contributed by atoms with Gasteiger partial charge in [-0.05, 0) is 48.4 Å². The van der Waals surface area contributed by atoms with Crippen LogP contribution in [-0.4, -0.2) is 38.7 Å². The van der Waals surface area contributed by atoms with Crippen molar-refractivity contribution in [1.82, 2.24) is 25.1 Å². The van der Waals surface area contributed by atoms with Crippen LogP contribution in [0, 0.1) is 5.92 Å². The van der Waals surface area contributed by atoms with Crippen LogP contribution in [0.5, 0.6) is 0 Å². The quantitative estimate of drug-likeness (QED) is 0.662. The molecule has 31 heavy (non-hydrogen) atoms. The zero-order valence-corrected chi connectivity index (χ0v) is 17.7. The summed E-state index contributed by atoms with van der Waals surface area (Å²) < 4.78 is 1.77. The number of rotatable bonds is 5. The Hall–Kier alpha value is -3.42. The molecule has 0 aromatic carbocycles. The van der Waals surface area contributed by atoms with Crippen molar-refractivity contribution >= 4 is 17.5 Å². The molecule has 3 aromatic rings. The van der Waals surface area contributed by atoms with Crippen LogP contribution in [-0.2, 0) is 13.0 Å². The van der Waals surface area contributed by atoms with Gasteiger partial charge in [-0.2, -0.15) is 5.10 Å². The molecule has 8 nitrogen and oxygen atoms in total. The van der Waals surface area contributed by atoms with Crippen LogP contribution in [0.25, 0.3) is 0 Å². The lowest BCUT2D eigenvalue weighted by Gasteiger charge is -2.17. The third-order valence-corrected chi connectivity index (χ3v) is 6.18. The van der Waals surface area contributed by atoms with E-state index in [4.69, 9.17) is 5.73 Å². The first-order valence-electron chi connectivity index (χ1n) is 10.8. The van der Waals surface area contributed by atoms with Crippen LogP contribution in [0.3, 0.4) is 0 Å². The fraction of sp³-hybridized carbons (Fsp3) is 0.391. The summed E-state index contributed by atoms with van der Waals surface area (Å²) in [6, 6.07) is 7.86. The highest BCUT2D eigenvalue weighted by Gasteiger charge is 2.26. The maximum Gasteiger partial charge on any atom is 0.254 e. The van der Waals surface area contributed by atoms with E-state index in [-0.39, 0.29) is 11.9 Å². The zero-order chi connectivity index (χ0) is 21.4.